The van der Waals surface area contributed by atoms with Crippen LogP contribution in [0.4, 0.5) is 10.1 Å². The molecule has 0 saturated carbocycles. The maximum absolute atomic E-state index is 13.7. The van der Waals surface area contributed by atoms with Gasteiger partial charge in [-0.2, -0.15) is 0 Å². The number of halogens is 2. The molecule has 0 aliphatic heterocycles. The van der Waals surface area contributed by atoms with E-state index in [1.807, 2.05) is 0 Å². The monoisotopic (exact) mass is 329 g/mol. The molecular formula is C14H13ClFNO3S. The van der Waals surface area contributed by atoms with Crippen LogP contribution in [0.5, 0.6) is 0 Å². The summed E-state index contributed by atoms with van der Waals surface area (Å²) in [5, 5.41) is 9.66. The van der Waals surface area contributed by atoms with Gasteiger partial charge < -0.3 is 5.11 Å². The molecule has 1 unspecified atom stereocenters. The summed E-state index contributed by atoms with van der Waals surface area (Å²) in [6, 6.07) is 9.46. The lowest BCUT2D eigenvalue weighted by Crippen LogP contribution is -2.14. The van der Waals surface area contributed by atoms with Crippen LogP contribution >= 0.6 is 11.6 Å². The smallest absolute Gasteiger partial charge is 0.261 e. The van der Waals surface area contributed by atoms with E-state index >= 15 is 0 Å². The molecule has 0 aromatic heterocycles. The van der Waals surface area contributed by atoms with E-state index in [1.54, 1.807) is 6.07 Å². The molecule has 0 bridgehead atoms. The summed E-state index contributed by atoms with van der Waals surface area (Å²) in [5.74, 6) is -0.766. The number of benzene rings is 2. The first kappa shape index (κ1) is 15.8. The van der Waals surface area contributed by atoms with Gasteiger partial charge in [0.2, 0.25) is 0 Å². The third-order valence-electron chi connectivity index (χ3n) is 2.83. The Morgan fingerprint density at radius 2 is 1.95 bits per heavy atom. The average Bonchev–Trinajstić information content (AvgIpc) is 2.42. The number of hydrogen-bond acceptors (Lipinski definition) is 3. The van der Waals surface area contributed by atoms with E-state index in [9.17, 15) is 17.9 Å². The van der Waals surface area contributed by atoms with Crippen LogP contribution in [0.3, 0.4) is 0 Å². The number of sulfonamides is 1. The minimum Gasteiger partial charge on any atom is -0.389 e. The zero-order valence-corrected chi connectivity index (χ0v) is 12.6. The van der Waals surface area contributed by atoms with Gasteiger partial charge in [-0.1, -0.05) is 23.7 Å². The fourth-order valence-corrected chi connectivity index (χ4v) is 3.00. The van der Waals surface area contributed by atoms with E-state index < -0.39 is 21.9 Å². The Hall–Kier alpha value is -1.63. The van der Waals surface area contributed by atoms with E-state index in [0.717, 1.165) is 6.07 Å². The molecule has 0 fully saturated rings. The molecule has 2 rings (SSSR count). The van der Waals surface area contributed by atoms with Gasteiger partial charge in [0.1, 0.15) is 5.82 Å². The molecule has 0 amide bonds. The summed E-state index contributed by atoms with van der Waals surface area (Å²) in [6.07, 6.45) is -0.799. The molecular weight excluding hydrogens is 317 g/mol. The molecule has 7 heteroatoms. The van der Waals surface area contributed by atoms with Gasteiger partial charge in [-0.15, -0.1) is 0 Å². The van der Waals surface area contributed by atoms with Crippen molar-refractivity contribution in [3.63, 3.8) is 0 Å². The molecule has 21 heavy (non-hydrogen) atoms. The standard InChI is InChI=1S/C14H13ClFNO3S/c1-9(18)10-3-2-4-12(7-10)21(19,20)17-14-6-5-11(15)8-13(14)16/h2-9,17-18H,1H3. The Morgan fingerprint density at radius 3 is 2.57 bits per heavy atom. The number of anilines is 1. The molecule has 2 aromatic rings. The maximum Gasteiger partial charge on any atom is 0.261 e. The highest BCUT2D eigenvalue weighted by Gasteiger charge is 2.17. The molecule has 112 valence electrons. The van der Waals surface area contributed by atoms with Crippen LogP contribution < -0.4 is 4.72 Å². The van der Waals surface area contributed by atoms with Crippen molar-refractivity contribution < 1.29 is 17.9 Å². The molecule has 2 N–H and O–H groups in total. The second-order valence-electron chi connectivity index (χ2n) is 4.48. The zero-order chi connectivity index (χ0) is 15.6. The molecule has 4 nitrogen and oxygen atoms in total. The third kappa shape index (κ3) is 3.72. The summed E-state index contributed by atoms with van der Waals surface area (Å²) in [4.78, 5) is -0.0600. The molecule has 0 radical (unpaired) electrons. The highest BCUT2D eigenvalue weighted by atomic mass is 35.5. The second kappa shape index (κ2) is 6.01. The van der Waals surface area contributed by atoms with Crippen LogP contribution in [-0.4, -0.2) is 13.5 Å². The van der Waals surface area contributed by atoms with Crippen molar-refractivity contribution >= 4 is 27.3 Å². The number of aliphatic hydroxyl groups excluding tert-OH is 1. The number of rotatable bonds is 4. The third-order valence-corrected chi connectivity index (χ3v) is 4.42. The van der Waals surface area contributed by atoms with E-state index in [2.05, 4.69) is 4.72 Å². The Labute approximate surface area is 127 Å². The summed E-state index contributed by atoms with van der Waals surface area (Å²) in [6.45, 7) is 1.53. The number of hydrogen-bond donors (Lipinski definition) is 2. The van der Waals surface area contributed by atoms with Crippen molar-refractivity contribution in [2.45, 2.75) is 17.9 Å². The first-order valence-electron chi connectivity index (χ1n) is 6.05. The van der Waals surface area contributed by atoms with E-state index in [0.29, 0.717) is 5.56 Å². The molecule has 0 aliphatic carbocycles. The lowest BCUT2D eigenvalue weighted by atomic mass is 10.1. The van der Waals surface area contributed by atoms with E-state index in [-0.39, 0.29) is 15.6 Å². The molecule has 0 heterocycles. The van der Waals surface area contributed by atoms with Crippen LogP contribution in [0.25, 0.3) is 0 Å². The zero-order valence-electron chi connectivity index (χ0n) is 11.0. The summed E-state index contributed by atoms with van der Waals surface area (Å²) in [5.41, 5.74) is 0.260. The van der Waals surface area contributed by atoms with Crippen LogP contribution in [-0.2, 0) is 10.0 Å². The summed E-state index contributed by atoms with van der Waals surface area (Å²) >= 11 is 5.62. The molecule has 0 spiro atoms. The van der Waals surface area contributed by atoms with Crippen molar-refractivity contribution in [3.8, 4) is 0 Å². The van der Waals surface area contributed by atoms with Gasteiger partial charge in [-0.3, -0.25) is 4.72 Å². The quantitative estimate of drug-likeness (QED) is 0.904. The van der Waals surface area contributed by atoms with Gasteiger partial charge >= 0.3 is 0 Å². The highest BCUT2D eigenvalue weighted by molar-refractivity contribution is 7.92. The van der Waals surface area contributed by atoms with Crippen molar-refractivity contribution in [2.24, 2.45) is 0 Å². The van der Waals surface area contributed by atoms with Crippen LogP contribution in [0.1, 0.15) is 18.6 Å². The average molecular weight is 330 g/mol. The van der Waals surface area contributed by atoms with Gasteiger partial charge in [-0.25, -0.2) is 12.8 Å². The predicted molar refractivity (Wildman–Crippen MR) is 79.3 cm³/mol. The van der Waals surface area contributed by atoms with Gasteiger partial charge in [-0.05, 0) is 42.8 Å². The maximum atomic E-state index is 13.7. The van der Waals surface area contributed by atoms with Gasteiger partial charge in [0.05, 0.1) is 16.7 Å². The topological polar surface area (TPSA) is 66.4 Å². The highest BCUT2D eigenvalue weighted by Crippen LogP contribution is 2.23. The normalized spacial score (nSPS) is 13.0. The molecule has 0 saturated heterocycles. The minimum absolute atomic E-state index is 0.0600. The van der Waals surface area contributed by atoms with Gasteiger partial charge in [0.25, 0.3) is 10.0 Å². The lowest BCUT2D eigenvalue weighted by molar-refractivity contribution is 0.199. The predicted octanol–water partition coefficient (Wildman–Crippen LogP) is 3.33. The number of aliphatic hydroxyl groups is 1. The van der Waals surface area contributed by atoms with Crippen LogP contribution in [0.15, 0.2) is 47.4 Å². The fourth-order valence-electron chi connectivity index (χ4n) is 1.72. The van der Waals surface area contributed by atoms with Gasteiger partial charge in [0, 0.05) is 5.02 Å². The molecule has 0 aliphatic rings. The van der Waals surface area contributed by atoms with E-state index in [1.165, 1.54) is 37.3 Å². The summed E-state index contributed by atoms with van der Waals surface area (Å²) < 4.78 is 40.2. The first-order valence-corrected chi connectivity index (χ1v) is 7.91. The SMILES string of the molecule is CC(O)c1cccc(S(=O)(=O)Nc2ccc(Cl)cc2F)c1. The van der Waals surface area contributed by atoms with Crippen LogP contribution in [0.2, 0.25) is 5.02 Å². The van der Waals surface area contributed by atoms with Gasteiger partial charge in [0.15, 0.2) is 0 Å². The Morgan fingerprint density at radius 1 is 1.24 bits per heavy atom. The van der Waals surface area contributed by atoms with Crippen molar-refractivity contribution in [1.82, 2.24) is 0 Å². The number of nitrogens with one attached hydrogen (secondary N) is 1. The Balaban J connectivity index is 2.36. The minimum atomic E-state index is -3.95. The Kier molecular flexibility index (Phi) is 4.51. The Bertz CT molecular complexity index is 763. The first-order chi connectivity index (χ1) is 9.79. The van der Waals surface area contributed by atoms with Crippen LogP contribution in [0, 0.1) is 5.82 Å². The summed E-state index contributed by atoms with van der Waals surface area (Å²) in [7, 11) is -3.95. The van der Waals surface area contributed by atoms with E-state index in [4.69, 9.17) is 11.6 Å². The molecule has 2 aromatic carbocycles. The largest absolute Gasteiger partial charge is 0.389 e. The van der Waals surface area contributed by atoms with Crippen molar-refractivity contribution in [3.05, 3.63) is 58.9 Å². The second-order valence-corrected chi connectivity index (χ2v) is 6.60. The molecule has 1 atom stereocenters. The fraction of sp³-hybridized carbons (Fsp3) is 0.143. The van der Waals surface area contributed by atoms with Crippen molar-refractivity contribution in [1.29, 1.82) is 0 Å². The van der Waals surface area contributed by atoms with Crippen molar-refractivity contribution in [2.75, 3.05) is 4.72 Å². The lowest BCUT2D eigenvalue weighted by Gasteiger charge is -2.11.